The number of nitrogens with one attached hydrogen (secondary N) is 2. The summed E-state index contributed by atoms with van der Waals surface area (Å²) in [6, 6.07) is 19.4. The van der Waals surface area contributed by atoms with E-state index in [4.69, 9.17) is 5.73 Å². The van der Waals surface area contributed by atoms with Crippen molar-refractivity contribution in [3.05, 3.63) is 71.8 Å². The molecule has 1 atom stereocenters. The fourth-order valence-electron chi connectivity index (χ4n) is 4.56. The third-order valence-electron chi connectivity index (χ3n) is 6.55. The van der Waals surface area contributed by atoms with E-state index in [-0.39, 0.29) is 30.8 Å². The molecule has 200 valence electrons. The maximum Gasteiger partial charge on any atom is 0.252 e. The average Bonchev–Trinajstić information content (AvgIpc) is 3.09. The Hall–Kier alpha value is -3.40. The molecular weight excluding hydrogens is 500 g/mol. The minimum absolute atomic E-state index is 0.0616. The lowest BCUT2D eigenvalue weighted by atomic mass is 9.96. The molecule has 0 saturated carbocycles. The van der Waals surface area contributed by atoms with Gasteiger partial charge in [0, 0.05) is 49.7 Å². The molecule has 1 aliphatic rings. The number of amides is 3. The van der Waals surface area contributed by atoms with Crippen molar-refractivity contribution in [1.29, 1.82) is 0 Å². The highest BCUT2D eigenvalue weighted by Gasteiger charge is 2.22. The number of benzene rings is 3. The largest absolute Gasteiger partial charge is 0.390 e. The minimum Gasteiger partial charge on any atom is -0.390 e. The topological polar surface area (TPSA) is 125 Å². The van der Waals surface area contributed by atoms with Gasteiger partial charge in [-0.25, -0.2) is 0 Å². The number of rotatable bonds is 11. The van der Waals surface area contributed by atoms with Gasteiger partial charge in [-0.15, -0.1) is 11.8 Å². The minimum atomic E-state index is -0.812. The van der Waals surface area contributed by atoms with Gasteiger partial charge in [0.05, 0.1) is 17.4 Å². The lowest BCUT2D eigenvalue weighted by molar-refractivity contribution is -0.121. The van der Waals surface area contributed by atoms with Crippen LogP contribution < -0.4 is 21.3 Å². The second-order valence-corrected chi connectivity index (χ2v) is 10.4. The first-order valence-corrected chi connectivity index (χ1v) is 13.9. The molecule has 0 spiro atoms. The first kappa shape index (κ1) is 27.6. The molecule has 4 rings (SSSR count). The predicted octanol–water partition coefficient (Wildman–Crippen LogP) is 2.86. The van der Waals surface area contributed by atoms with E-state index < -0.39 is 6.10 Å². The van der Waals surface area contributed by atoms with Gasteiger partial charge in [0.1, 0.15) is 0 Å². The van der Waals surface area contributed by atoms with Gasteiger partial charge >= 0.3 is 0 Å². The smallest absolute Gasteiger partial charge is 0.252 e. The Kier molecular flexibility index (Phi) is 9.75. The van der Waals surface area contributed by atoms with Gasteiger partial charge < -0.3 is 26.4 Å². The lowest BCUT2D eigenvalue weighted by Crippen LogP contribution is -2.36. The molecule has 1 unspecified atom stereocenters. The number of nitrogens with two attached hydrogens (primary N) is 1. The van der Waals surface area contributed by atoms with Gasteiger partial charge in [-0.1, -0.05) is 48.5 Å². The summed E-state index contributed by atoms with van der Waals surface area (Å²) in [6.07, 6.45) is 1.02. The summed E-state index contributed by atoms with van der Waals surface area (Å²) in [5.74, 6) is 0.475. The molecule has 0 aliphatic carbocycles. The van der Waals surface area contributed by atoms with Crippen molar-refractivity contribution in [3.63, 3.8) is 0 Å². The quantitative estimate of drug-likeness (QED) is 0.300. The Morgan fingerprint density at radius 1 is 1.05 bits per heavy atom. The van der Waals surface area contributed by atoms with Crippen LogP contribution in [0.4, 0.5) is 5.69 Å². The number of aliphatic hydroxyl groups excluding tert-OH is 1. The van der Waals surface area contributed by atoms with Crippen LogP contribution in [0.2, 0.25) is 0 Å². The Labute approximate surface area is 227 Å². The van der Waals surface area contributed by atoms with Crippen LogP contribution in [0, 0.1) is 0 Å². The summed E-state index contributed by atoms with van der Waals surface area (Å²) in [5.41, 5.74) is 7.73. The standard InChI is InChI=1S/C29H34N4O4S/c30-18-22(34)19-32-29(37)28-21(12-11-20-6-1-2-7-23(20)28)13-15-31-26(35)10-5-16-33-24-8-3-4-9-25(24)38-17-14-27(33)36/h1-4,6-9,11-12,22,34H,5,10,13-19,30H2,(H,31,35)(H,32,37). The molecule has 8 nitrogen and oxygen atoms in total. The number of thioether (sulfide) groups is 1. The molecule has 0 radical (unpaired) electrons. The summed E-state index contributed by atoms with van der Waals surface area (Å²) >= 11 is 1.69. The number of para-hydroxylation sites is 1. The van der Waals surface area contributed by atoms with Crippen molar-refractivity contribution in [1.82, 2.24) is 10.6 Å². The number of hydrogen-bond donors (Lipinski definition) is 4. The van der Waals surface area contributed by atoms with Crippen molar-refractivity contribution < 1.29 is 19.5 Å². The van der Waals surface area contributed by atoms with Gasteiger partial charge in [0.15, 0.2) is 0 Å². The molecule has 3 amide bonds. The van der Waals surface area contributed by atoms with Crippen LogP contribution >= 0.6 is 11.8 Å². The Bertz CT molecular complexity index is 1300. The molecule has 1 aliphatic heterocycles. The highest BCUT2D eigenvalue weighted by molar-refractivity contribution is 7.99. The van der Waals surface area contributed by atoms with Crippen LogP contribution in [0.5, 0.6) is 0 Å². The third kappa shape index (κ3) is 6.92. The molecule has 3 aromatic carbocycles. The molecule has 0 saturated heterocycles. The van der Waals surface area contributed by atoms with Gasteiger partial charge in [-0.05, 0) is 41.3 Å². The third-order valence-corrected chi connectivity index (χ3v) is 7.61. The van der Waals surface area contributed by atoms with Crippen LogP contribution in [0.3, 0.4) is 0 Å². The molecule has 0 bridgehead atoms. The van der Waals surface area contributed by atoms with Crippen molar-refractivity contribution in [2.75, 3.05) is 36.8 Å². The molecule has 0 aromatic heterocycles. The van der Waals surface area contributed by atoms with E-state index in [0.717, 1.165) is 32.7 Å². The van der Waals surface area contributed by atoms with E-state index in [1.54, 1.807) is 16.7 Å². The number of carbonyl (C=O) groups excluding carboxylic acids is 3. The fraction of sp³-hybridized carbons (Fsp3) is 0.345. The van der Waals surface area contributed by atoms with Crippen LogP contribution in [0.25, 0.3) is 10.8 Å². The Balaban J connectivity index is 1.33. The van der Waals surface area contributed by atoms with E-state index in [1.165, 1.54) is 0 Å². The zero-order chi connectivity index (χ0) is 26.9. The van der Waals surface area contributed by atoms with Crippen LogP contribution in [0.15, 0.2) is 65.6 Å². The highest BCUT2D eigenvalue weighted by atomic mass is 32.2. The number of nitrogens with zero attached hydrogens (tertiary/aromatic N) is 1. The van der Waals surface area contributed by atoms with Crippen LogP contribution in [-0.4, -0.2) is 60.9 Å². The maximum atomic E-state index is 13.0. The number of hydrogen-bond acceptors (Lipinski definition) is 6. The van der Waals surface area contributed by atoms with Gasteiger partial charge in [-0.3, -0.25) is 14.4 Å². The summed E-state index contributed by atoms with van der Waals surface area (Å²) in [4.78, 5) is 41.1. The van der Waals surface area contributed by atoms with E-state index in [1.807, 2.05) is 60.7 Å². The molecular formula is C29H34N4O4S. The Morgan fingerprint density at radius 3 is 2.68 bits per heavy atom. The monoisotopic (exact) mass is 534 g/mol. The molecule has 9 heteroatoms. The first-order chi connectivity index (χ1) is 18.5. The number of aliphatic hydroxyl groups is 1. The fourth-order valence-corrected chi connectivity index (χ4v) is 5.56. The average molecular weight is 535 g/mol. The van der Waals surface area contributed by atoms with Crippen molar-refractivity contribution in [2.45, 2.75) is 36.7 Å². The zero-order valence-electron chi connectivity index (χ0n) is 21.3. The van der Waals surface area contributed by atoms with Crippen molar-refractivity contribution in [3.8, 4) is 0 Å². The number of carbonyl (C=O) groups is 3. The lowest BCUT2D eigenvalue weighted by Gasteiger charge is -2.22. The van der Waals surface area contributed by atoms with Gasteiger partial charge in [0.25, 0.3) is 5.91 Å². The summed E-state index contributed by atoms with van der Waals surface area (Å²) in [7, 11) is 0. The van der Waals surface area contributed by atoms with Gasteiger partial charge in [0.2, 0.25) is 11.8 Å². The normalized spacial score (nSPS) is 14.1. The summed E-state index contributed by atoms with van der Waals surface area (Å²) in [5, 5.41) is 17.2. The van der Waals surface area contributed by atoms with Crippen molar-refractivity contribution in [2.24, 2.45) is 5.73 Å². The second kappa shape index (κ2) is 13.4. The molecule has 0 fully saturated rings. The van der Waals surface area contributed by atoms with E-state index in [2.05, 4.69) is 10.6 Å². The van der Waals surface area contributed by atoms with E-state index in [0.29, 0.717) is 44.3 Å². The molecule has 1 heterocycles. The van der Waals surface area contributed by atoms with Crippen LogP contribution in [0.1, 0.15) is 35.2 Å². The van der Waals surface area contributed by atoms with E-state index in [9.17, 15) is 19.5 Å². The number of fused-ring (bicyclic) bond motifs is 2. The van der Waals surface area contributed by atoms with Crippen molar-refractivity contribution >= 4 is 45.9 Å². The predicted molar refractivity (Wildman–Crippen MR) is 151 cm³/mol. The molecule has 38 heavy (non-hydrogen) atoms. The Morgan fingerprint density at radius 2 is 1.84 bits per heavy atom. The number of anilines is 1. The summed E-state index contributed by atoms with van der Waals surface area (Å²) < 4.78 is 0. The van der Waals surface area contributed by atoms with Gasteiger partial charge in [-0.2, -0.15) is 0 Å². The molecule has 5 N–H and O–H groups in total. The van der Waals surface area contributed by atoms with E-state index >= 15 is 0 Å². The second-order valence-electron chi connectivity index (χ2n) is 9.24. The molecule has 3 aromatic rings. The SMILES string of the molecule is NCC(O)CNC(=O)c1c(CCNC(=O)CCCN2C(=O)CCSc3ccccc32)ccc2ccccc12. The van der Waals surface area contributed by atoms with Crippen LogP contribution in [-0.2, 0) is 16.0 Å². The zero-order valence-corrected chi connectivity index (χ0v) is 22.1. The highest BCUT2D eigenvalue weighted by Crippen LogP contribution is 2.34. The first-order valence-electron chi connectivity index (χ1n) is 12.9. The summed E-state index contributed by atoms with van der Waals surface area (Å²) in [6.45, 7) is 1.00. The maximum absolute atomic E-state index is 13.0.